The Morgan fingerprint density at radius 2 is 2.04 bits per heavy atom. The van der Waals surface area contributed by atoms with Crippen molar-refractivity contribution in [3.8, 4) is 0 Å². The van der Waals surface area contributed by atoms with E-state index in [9.17, 15) is 10.1 Å². The van der Waals surface area contributed by atoms with E-state index in [1.165, 1.54) is 12.1 Å². The molecule has 0 spiro atoms. The third kappa shape index (κ3) is 3.47. The summed E-state index contributed by atoms with van der Waals surface area (Å²) in [5, 5.41) is 19.2. The largest absolute Gasteiger partial charge is 0.397 e. The first-order valence-corrected chi connectivity index (χ1v) is 8.64. The molecule has 4 rings (SSSR count). The first-order chi connectivity index (χ1) is 13.1. The van der Waals surface area contributed by atoms with Crippen LogP contribution < -0.4 is 10.6 Å². The molecular formula is C19H19N5O3. The molecule has 8 heteroatoms. The molecule has 1 aromatic heterocycles. The van der Waals surface area contributed by atoms with E-state index in [0.717, 1.165) is 40.9 Å². The number of anilines is 2. The normalized spacial score (nSPS) is 14.9. The summed E-state index contributed by atoms with van der Waals surface area (Å²) in [5.41, 5.74) is 10.4. The number of nitrogens with zero attached hydrogens (tertiary/aromatic N) is 3. The summed E-state index contributed by atoms with van der Waals surface area (Å²) in [5.74, 6) is 0. The fourth-order valence-corrected chi connectivity index (χ4v) is 3.21. The van der Waals surface area contributed by atoms with Crippen LogP contribution >= 0.6 is 0 Å². The fraction of sp³-hybridized carbons (Fsp3) is 0.211. The molecule has 3 N–H and O–H groups in total. The van der Waals surface area contributed by atoms with Crippen molar-refractivity contribution in [1.82, 2.24) is 10.2 Å². The molecule has 1 aliphatic heterocycles. The van der Waals surface area contributed by atoms with Gasteiger partial charge in [-0.25, -0.2) is 0 Å². The van der Waals surface area contributed by atoms with Crippen LogP contribution in [0.5, 0.6) is 0 Å². The lowest BCUT2D eigenvalue weighted by atomic mass is 10.1. The quantitative estimate of drug-likeness (QED) is 0.418. The zero-order valence-electron chi connectivity index (χ0n) is 14.6. The van der Waals surface area contributed by atoms with Gasteiger partial charge in [-0.1, -0.05) is 18.2 Å². The van der Waals surface area contributed by atoms with Crippen LogP contribution in [0.1, 0.15) is 11.3 Å². The molecule has 0 radical (unpaired) electrons. The van der Waals surface area contributed by atoms with Crippen molar-refractivity contribution in [3.05, 3.63) is 57.8 Å². The van der Waals surface area contributed by atoms with Crippen LogP contribution in [0.3, 0.4) is 0 Å². The number of nitrogen functional groups attached to an aromatic ring is 1. The maximum absolute atomic E-state index is 10.9. The van der Waals surface area contributed by atoms with E-state index in [2.05, 4.69) is 15.1 Å². The van der Waals surface area contributed by atoms with E-state index in [1.54, 1.807) is 12.1 Å². The van der Waals surface area contributed by atoms with Gasteiger partial charge in [-0.3, -0.25) is 15.2 Å². The van der Waals surface area contributed by atoms with E-state index in [-0.39, 0.29) is 5.69 Å². The summed E-state index contributed by atoms with van der Waals surface area (Å²) >= 11 is 0. The first-order valence-electron chi connectivity index (χ1n) is 8.64. The van der Waals surface area contributed by atoms with Crippen molar-refractivity contribution in [2.45, 2.75) is 0 Å². The maximum atomic E-state index is 10.9. The molecule has 1 fully saturated rings. The Morgan fingerprint density at radius 3 is 2.81 bits per heavy atom. The van der Waals surface area contributed by atoms with Crippen LogP contribution in [0.15, 0.2) is 36.4 Å². The van der Waals surface area contributed by atoms with E-state index >= 15 is 0 Å². The molecule has 138 valence electrons. The lowest BCUT2D eigenvalue weighted by Gasteiger charge is -2.29. The standard InChI is InChI=1S/C19H19N5O3/c20-16-11-15-17(5-4-13-2-1-3-14(10-13)24(25)26)21-22-18(15)12-19(16)23-6-8-27-9-7-23/h1-5,10-12H,6-9,20H2,(H,21,22)/b5-4+. The van der Waals surface area contributed by atoms with Gasteiger partial charge in [0.15, 0.2) is 0 Å². The third-order valence-corrected chi connectivity index (χ3v) is 4.61. The SMILES string of the molecule is Nc1cc2c(/C=C/c3cccc([N+](=O)[O-])c3)n[nH]c2cc1N1CCOCC1. The lowest BCUT2D eigenvalue weighted by Crippen LogP contribution is -2.36. The number of rotatable bonds is 4. The van der Waals surface area contributed by atoms with Gasteiger partial charge >= 0.3 is 0 Å². The van der Waals surface area contributed by atoms with Crippen LogP contribution in [-0.4, -0.2) is 41.4 Å². The van der Waals surface area contributed by atoms with Gasteiger partial charge in [0.1, 0.15) is 0 Å². The Hall–Kier alpha value is -3.39. The van der Waals surface area contributed by atoms with Crippen LogP contribution in [-0.2, 0) is 4.74 Å². The number of nitrogens with one attached hydrogen (secondary N) is 1. The van der Waals surface area contributed by atoms with Crippen LogP contribution in [0, 0.1) is 10.1 Å². The summed E-state index contributed by atoms with van der Waals surface area (Å²) in [6.07, 6.45) is 3.63. The van der Waals surface area contributed by atoms with Crippen molar-refractivity contribution in [3.63, 3.8) is 0 Å². The Bertz CT molecular complexity index is 1020. The highest BCUT2D eigenvalue weighted by molar-refractivity contribution is 5.95. The lowest BCUT2D eigenvalue weighted by molar-refractivity contribution is -0.384. The molecule has 2 heterocycles. The average Bonchev–Trinajstić information content (AvgIpc) is 3.08. The van der Waals surface area contributed by atoms with Crippen molar-refractivity contribution >= 4 is 40.1 Å². The van der Waals surface area contributed by atoms with Gasteiger partial charge in [-0.2, -0.15) is 5.10 Å². The van der Waals surface area contributed by atoms with Gasteiger partial charge in [0.2, 0.25) is 0 Å². The highest BCUT2D eigenvalue weighted by Crippen LogP contribution is 2.31. The topological polar surface area (TPSA) is 110 Å². The van der Waals surface area contributed by atoms with Crippen molar-refractivity contribution < 1.29 is 9.66 Å². The molecule has 1 aliphatic rings. The van der Waals surface area contributed by atoms with Crippen LogP contribution in [0.2, 0.25) is 0 Å². The molecule has 3 aromatic rings. The smallest absolute Gasteiger partial charge is 0.270 e. The minimum Gasteiger partial charge on any atom is -0.397 e. The fourth-order valence-electron chi connectivity index (χ4n) is 3.21. The third-order valence-electron chi connectivity index (χ3n) is 4.61. The number of aromatic amines is 1. The second kappa shape index (κ2) is 7.08. The number of nitro groups is 1. The number of H-pyrrole nitrogens is 1. The monoisotopic (exact) mass is 365 g/mol. The molecule has 0 saturated carbocycles. The zero-order chi connectivity index (χ0) is 18.8. The number of nitro benzene ring substituents is 1. The molecule has 2 aromatic carbocycles. The minimum atomic E-state index is -0.408. The Balaban J connectivity index is 1.64. The van der Waals surface area contributed by atoms with E-state index in [0.29, 0.717) is 18.9 Å². The zero-order valence-corrected chi connectivity index (χ0v) is 14.6. The van der Waals surface area contributed by atoms with E-state index in [4.69, 9.17) is 10.5 Å². The number of benzene rings is 2. The predicted octanol–water partition coefficient (Wildman–Crippen LogP) is 3.06. The Morgan fingerprint density at radius 1 is 1.22 bits per heavy atom. The molecule has 0 bridgehead atoms. The predicted molar refractivity (Wildman–Crippen MR) is 106 cm³/mol. The highest BCUT2D eigenvalue weighted by Gasteiger charge is 2.16. The maximum Gasteiger partial charge on any atom is 0.270 e. The summed E-state index contributed by atoms with van der Waals surface area (Å²) in [7, 11) is 0. The Labute approximate surface area is 155 Å². The van der Waals surface area contributed by atoms with Crippen molar-refractivity contribution in [2.24, 2.45) is 0 Å². The number of aromatic nitrogens is 2. The number of ether oxygens (including phenoxy) is 1. The van der Waals surface area contributed by atoms with Gasteiger partial charge < -0.3 is 15.4 Å². The number of nitrogens with two attached hydrogens (primary N) is 1. The van der Waals surface area contributed by atoms with Crippen molar-refractivity contribution in [2.75, 3.05) is 36.9 Å². The van der Waals surface area contributed by atoms with Gasteiger partial charge in [0, 0.05) is 30.6 Å². The highest BCUT2D eigenvalue weighted by atomic mass is 16.6. The Kier molecular flexibility index (Phi) is 4.47. The number of hydrogen-bond acceptors (Lipinski definition) is 6. The second-order valence-corrected chi connectivity index (χ2v) is 6.35. The summed E-state index contributed by atoms with van der Waals surface area (Å²) in [6.45, 7) is 3.00. The summed E-state index contributed by atoms with van der Waals surface area (Å²) in [6, 6.07) is 10.4. The average molecular weight is 365 g/mol. The number of non-ortho nitro benzene ring substituents is 1. The molecular weight excluding hydrogens is 346 g/mol. The second-order valence-electron chi connectivity index (χ2n) is 6.35. The minimum absolute atomic E-state index is 0.0587. The first kappa shape index (κ1) is 17.0. The van der Waals surface area contributed by atoms with Gasteiger partial charge in [-0.05, 0) is 23.8 Å². The molecule has 0 aliphatic carbocycles. The van der Waals surface area contributed by atoms with Gasteiger partial charge in [0.05, 0.1) is 40.7 Å². The molecule has 0 atom stereocenters. The molecule has 0 amide bonds. The molecule has 8 nitrogen and oxygen atoms in total. The number of hydrogen-bond donors (Lipinski definition) is 2. The summed E-state index contributed by atoms with van der Waals surface area (Å²) in [4.78, 5) is 12.7. The molecule has 27 heavy (non-hydrogen) atoms. The van der Waals surface area contributed by atoms with Gasteiger partial charge in [0.25, 0.3) is 5.69 Å². The molecule has 0 unspecified atom stereocenters. The van der Waals surface area contributed by atoms with E-state index in [1.807, 2.05) is 24.3 Å². The van der Waals surface area contributed by atoms with Crippen LogP contribution in [0.4, 0.5) is 17.1 Å². The number of morpholine rings is 1. The van der Waals surface area contributed by atoms with Crippen LogP contribution in [0.25, 0.3) is 23.1 Å². The van der Waals surface area contributed by atoms with E-state index < -0.39 is 4.92 Å². The molecule has 1 saturated heterocycles. The number of fused-ring (bicyclic) bond motifs is 1. The van der Waals surface area contributed by atoms with Gasteiger partial charge in [-0.15, -0.1) is 0 Å². The summed E-state index contributed by atoms with van der Waals surface area (Å²) < 4.78 is 5.40. The van der Waals surface area contributed by atoms with Crippen molar-refractivity contribution in [1.29, 1.82) is 0 Å².